The average Bonchev–Trinajstić information content (AvgIpc) is 3.26. The summed E-state index contributed by atoms with van der Waals surface area (Å²) in [5, 5.41) is 11.2. The molecule has 1 unspecified atom stereocenters. The zero-order chi connectivity index (χ0) is 15.6. The lowest BCUT2D eigenvalue weighted by Gasteiger charge is -2.31. The zero-order valence-corrected chi connectivity index (χ0v) is 13.8. The van der Waals surface area contributed by atoms with Gasteiger partial charge in [-0.2, -0.15) is 5.10 Å². The summed E-state index contributed by atoms with van der Waals surface area (Å²) in [5.74, 6) is 0.138. The van der Waals surface area contributed by atoms with E-state index in [1.165, 1.54) is 25.7 Å². The first-order chi connectivity index (χ1) is 10.7. The van der Waals surface area contributed by atoms with Crippen LogP contribution < -0.4 is 10.6 Å². The average molecular weight is 304 g/mol. The molecule has 1 amide bonds. The number of carbonyl (C=O) groups excluding carboxylic acids is 1. The standard InChI is InChI=1S/C17H28N4O/c1-3-17(4-2)12-19-16(22)15(17)18-11-13-9-10-21(20-13)14-7-5-6-8-14/h9-10,14-15,18H,3-8,11-12H2,1-2H3,(H,19,22). The maximum Gasteiger partial charge on any atom is 0.237 e. The molecule has 1 aliphatic heterocycles. The maximum atomic E-state index is 12.1. The molecule has 1 atom stereocenters. The Bertz CT molecular complexity index is 514. The quantitative estimate of drug-likeness (QED) is 0.848. The van der Waals surface area contributed by atoms with Crippen LogP contribution in [0.2, 0.25) is 0 Å². The van der Waals surface area contributed by atoms with Crippen molar-refractivity contribution in [3.05, 3.63) is 18.0 Å². The van der Waals surface area contributed by atoms with Crippen molar-refractivity contribution in [2.75, 3.05) is 6.54 Å². The van der Waals surface area contributed by atoms with Gasteiger partial charge in [-0.1, -0.05) is 26.7 Å². The summed E-state index contributed by atoms with van der Waals surface area (Å²) >= 11 is 0. The third-order valence-corrected chi connectivity index (χ3v) is 5.75. The number of nitrogens with one attached hydrogen (secondary N) is 2. The predicted molar refractivity (Wildman–Crippen MR) is 86.4 cm³/mol. The number of rotatable bonds is 6. The number of hydrogen-bond donors (Lipinski definition) is 2. The molecular formula is C17H28N4O. The second-order valence-electron chi connectivity index (χ2n) is 6.83. The van der Waals surface area contributed by atoms with E-state index in [-0.39, 0.29) is 17.4 Å². The van der Waals surface area contributed by atoms with Crippen molar-refractivity contribution in [2.45, 2.75) is 71.0 Å². The number of amides is 1. The lowest BCUT2D eigenvalue weighted by atomic mass is 9.77. The molecule has 2 N–H and O–H groups in total. The number of carbonyl (C=O) groups is 1. The van der Waals surface area contributed by atoms with Gasteiger partial charge in [0.05, 0.1) is 17.8 Å². The SMILES string of the molecule is CCC1(CC)CNC(=O)C1NCc1ccn(C2CCCC2)n1. The lowest BCUT2D eigenvalue weighted by Crippen LogP contribution is -2.46. The summed E-state index contributed by atoms with van der Waals surface area (Å²) < 4.78 is 2.12. The van der Waals surface area contributed by atoms with Crippen LogP contribution in [0.4, 0.5) is 0 Å². The van der Waals surface area contributed by atoms with Gasteiger partial charge in [0.15, 0.2) is 0 Å². The van der Waals surface area contributed by atoms with Crippen LogP contribution in [0.1, 0.15) is 64.1 Å². The van der Waals surface area contributed by atoms with Gasteiger partial charge in [-0.25, -0.2) is 0 Å². The third kappa shape index (κ3) is 2.78. The molecule has 5 heteroatoms. The lowest BCUT2D eigenvalue weighted by molar-refractivity contribution is -0.122. The van der Waals surface area contributed by atoms with E-state index >= 15 is 0 Å². The molecule has 2 aliphatic rings. The first kappa shape index (κ1) is 15.5. The minimum absolute atomic E-state index is 0.0467. The van der Waals surface area contributed by atoms with Crippen molar-refractivity contribution in [1.29, 1.82) is 0 Å². The molecule has 0 aromatic carbocycles. The molecule has 0 spiro atoms. The third-order valence-electron chi connectivity index (χ3n) is 5.75. The molecule has 1 aliphatic carbocycles. The number of nitrogens with zero attached hydrogens (tertiary/aromatic N) is 2. The van der Waals surface area contributed by atoms with Crippen molar-refractivity contribution < 1.29 is 4.79 Å². The van der Waals surface area contributed by atoms with Gasteiger partial charge in [-0.15, -0.1) is 0 Å². The first-order valence-corrected chi connectivity index (χ1v) is 8.73. The smallest absolute Gasteiger partial charge is 0.237 e. The minimum Gasteiger partial charge on any atom is -0.354 e. The van der Waals surface area contributed by atoms with Crippen molar-refractivity contribution >= 4 is 5.91 Å². The maximum absolute atomic E-state index is 12.1. The van der Waals surface area contributed by atoms with Crippen LogP contribution in [0.25, 0.3) is 0 Å². The van der Waals surface area contributed by atoms with Crippen molar-refractivity contribution in [3.8, 4) is 0 Å². The Morgan fingerprint density at radius 1 is 1.36 bits per heavy atom. The molecule has 2 heterocycles. The topological polar surface area (TPSA) is 59.0 Å². The van der Waals surface area contributed by atoms with Gasteiger partial charge in [0.2, 0.25) is 5.91 Å². The molecule has 0 bridgehead atoms. The summed E-state index contributed by atoms with van der Waals surface area (Å²) in [5.41, 5.74) is 1.08. The van der Waals surface area contributed by atoms with Gasteiger partial charge < -0.3 is 5.32 Å². The fourth-order valence-electron chi connectivity index (χ4n) is 4.01. The van der Waals surface area contributed by atoms with Gasteiger partial charge in [0, 0.05) is 24.7 Å². The Morgan fingerprint density at radius 2 is 2.09 bits per heavy atom. The van der Waals surface area contributed by atoms with Crippen molar-refractivity contribution in [1.82, 2.24) is 20.4 Å². The van der Waals surface area contributed by atoms with Crippen LogP contribution in [0.15, 0.2) is 12.3 Å². The monoisotopic (exact) mass is 304 g/mol. The summed E-state index contributed by atoms with van der Waals surface area (Å²) in [4.78, 5) is 12.1. The molecule has 5 nitrogen and oxygen atoms in total. The van der Waals surface area contributed by atoms with Crippen LogP contribution in [0, 0.1) is 5.41 Å². The van der Waals surface area contributed by atoms with Crippen LogP contribution in [-0.2, 0) is 11.3 Å². The largest absolute Gasteiger partial charge is 0.354 e. The highest BCUT2D eigenvalue weighted by Crippen LogP contribution is 2.34. The Morgan fingerprint density at radius 3 is 2.77 bits per heavy atom. The second-order valence-corrected chi connectivity index (χ2v) is 6.83. The Hall–Kier alpha value is -1.36. The highest BCUT2D eigenvalue weighted by molar-refractivity contribution is 5.85. The van der Waals surface area contributed by atoms with Crippen molar-refractivity contribution in [3.63, 3.8) is 0 Å². The highest BCUT2D eigenvalue weighted by Gasteiger charge is 2.45. The minimum atomic E-state index is -0.0980. The summed E-state index contributed by atoms with van der Waals surface area (Å²) in [6.45, 7) is 5.80. The number of hydrogen-bond acceptors (Lipinski definition) is 3. The zero-order valence-electron chi connectivity index (χ0n) is 13.8. The molecule has 2 fully saturated rings. The molecule has 1 saturated heterocycles. The van der Waals surface area contributed by atoms with Crippen LogP contribution >= 0.6 is 0 Å². The van der Waals surface area contributed by atoms with E-state index in [4.69, 9.17) is 5.10 Å². The number of aromatic nitrogens is 2. The van der Waals surface area contributed by atoms with Crippen molar-refractivity contribution in [2.24, 2.45) is 5.41 Å². The van der Waals surface area contributed by atoms with E-state index in [0.29, 0.717) is 12.6 Å². The predicted octanol–water partition coefficient (Wildman–Crippen LogP) is 2.39. The van der Waals surface area contributed by atoms with E-state index < -0.39 is 0 Å². The first-order valence-electron chi connectivity index (χ1n) is 8.73. The van der Waals surface area contributed by atoms with E-state index in [2.05, 4.69) is 41.4 Å². The van der Waals surface area contributed by atoms with Crippen LogP contribution in [-0.4, -0.2) is 28.3 Å². The summed E-state index contributed by atoms with van der Waals surface area (Å²) in [6.07, 6.45) is 9.23. The molecular weight excluding hydrogens is 276 g/mol. The molecule has 122 valence electrons. The Labute approximate surface area is 132 Å². The highest BCUT2D eigenvalue weighted by atomic mass is 16.2. The Balaban J connectivity index is 1.63. The van der Waals surface area contributed by atoms with E-state index in [1.54, 1.807) is 0 Å². The van der Waals surface area contributed by atoms with Gasteiger partial charge in [0.1, 0.15) is 0 Å². The Kier molecular flexibility index (Phi) is 4.52. The fraction of sp³-hybridized carbons (Fsp3) is 0.765. The van der Waals surface area contributed by atoms with Gasteiger partial charge in [-0.3, -0.25) is 14.8 Å². The fourth-order valence-corrected chi connectivity index (χ4v) is 4.01. The van der Waals surface area contributed by atoms with Crippen LogP contribution in [0.3, 0.4) is 0 Å². The van der Waals surface area contributed by atoms with E-state index in [9.17, 15) is 4.79 Å². The van der Waals surface area contributed by atoms with Crippen LogP contribution in [0.5, 0.6) is 0 Å². The normalized spacial score (nSPS) is 24.8. The summed E-state index contributed by atoms with van der Waals surface area (Å²) in [7, 11) is 0. The molecule has 1 saturated carbocycles. The second kappa shape index (κ2) is 6.41. The van der Waals surface area contributed by atoms with Gasteiger partial charge in [0.25, 0.3) is 0 Å². The molecule has 22 heavy (non-hydrogen) atoms. The van der Waals surface area contributed by atoms with E-state index in [0.717, 1.165) is 25.1 Å². The molecule has 3 rings (SSSR count). The van der Waals surface area contributed by atoms with Gasteiger partial charge in [-0.05, 0) is 31.7 Å². The summed E-state index contributed by atoms with van der Waals surface area (Å²) in [6, 6.07) is 2.56. The van der Waals surface area contributed by atoms with E-state index in [1.807, 2.05) is 0 Å². The molecule has 1 aromatic rings. The molecule has 0 radical (unpaired) electrons. The van der Waals surface area contributed by atoms with Gasteiger partial charge >= 0.3 is 0 Å². The molecule has 1 aromatic heterocycles.